The fourth-order valence-corrected chi connectivity index (χ4v) is 3.42. The number of amides is 3. The maximum atomic E-state index is 13.1. The fourth-order valence-electron chi connectivity index (χ4n) is 3.42. The average molecular weight is 531 g/mol. The van der Waals surface area contributed by atoms with Gasteiger partial charge in [0, 0.05) is 12.8 Å². The van der Waals surface area contributed by atoms with Gasteiger partial charge < -0.3 is 42.1 Å². The van der Waals surface area contributed by atoms with Crippen molar-refractivity contribution in [2.45, 2.75) is 43.4 Å². The van der Waals surface area contributed by atoms with Gasteiger partial charge in [0.25, 0.3) is 0 Å². The van der Waals surface area contributed by atoms with E-state index >= 15 is 0 Å². The first-order valence-corrected chi connectivity index (χ1v) is 11.5. The van der Waals surface area contributed by atoms with Crippen LogP contribution in [-0.4, -0.2) is 80.9 Å². The van der Waals surface area contributed by atoms with Crippen molar-refractivity contribution in [2.24, 2.45) is 5.73 Å². The molecule has 13 nitrogen and oxygen atoms in total. The maximum absolute atomic E-state index is 13.1. The van der Waals surface area contributed by atoms with Crippen molar-refractivity contribution in [3.05, 3.63) is 65.7 Å². The van der Waals surface area contributed by atoms with Crippen LogP contribution in [0.2, 0.25) is 0 Å². The van der Waals surface area contributed by atoms with E-state index in [1.807, 2.05) is 0 Å². The Hall–Kier alpha value is -4.49. The first-order chi connectivity index (χ1) is 18.0. The van der Waals surface area contributed by atoms with E-state index in [0.717, 1.165) is 0 Å². The molecule has 13 heteroatoms. The minimum Gasteiger partial charge on any atom is -0.508 e. The molecule has 204 valence electrons. The summed E-state index contributed by atoms with van der Waals surface area (Å²) in [5, 5.41) is 44.3. The summed E-state index contributed by atoms with van der Waals surface area (Å²) < 4.78 is 0. The molecule has 0 spiro atoms. The maximum Gasteiger partial charge on any atom is 0.326 e. The number of benzene rings is 2. The number of carbonyl (C=O) groups excluding carboxylic acids is 3. The van der Waals surface area contributed by atoms with Crippen LogP contribution in [-0.2, 0) is 36.8 Å². The lowest BCUT2D eigenvalue weighted by Gasteiger charge is -2.24. The van der Waals surface area contributed by atoms with Crippen molar-refractivity contribution in [3.8, 4) is 5.75 Å². The molecule has 0 aliphatic carbocycles. The Bertz CT molecular complexity index is 1130. The third kappa shape index (κ3) is 9.52. The molecule has 0 aliphatic rings. The van der Waals surface area contributed by atoms with Gasteiger partial charge in [0.15, 0.2) is 0 Å². The number of aliphatic hydroxyl groups is 1. The first-order valence-electron chi connectivity index (χ1n) is 11.5. The highest BCUT2D eigenvalue weighted by atomic mass is 16.4. The Kier molecular flexibility index (Phi) is 11.2. The van der Waals surface area contributed by atoms with Crippen molar-refractivity contribution in [3.63, 3.8) is 0 Å². The van der Waals surface area contributed by atoms with E-state index < -0.39 is 66.9 Å². The van der Waals surface area contributed by atoms with Crippen LogP contribution in [0.3, 0.4) is 0 Å². The van der Waals surface area contributed by atoms with Gasteiger partial charge in [-0.2, -0.15) is 0 Å². The molecular weight excluding hydrogens is 500 g/mol. The largest absolute Gasteiger partial charge is 0.508 e. The van der Waals surface area contributed by atoms with Gasteiger partial charge in [-0.1, -0.05) is 42.5 Å². The molecule has 0 aromatic heterocycles. The second-order valence-electron chi connectivity index (χ2n) is 8.47. The van der Waals surface area contributed by atoms with E-state index in [0.29, 0.717) is 11.1 Å². The molecule has 38 heavy (non-hydrogen) atoms. The van der Waals surface area contributed by atoms with Gasteiger partial charge in [0.2, 0.25) is 17.7 Å². The third-order valence-electron chi connectivity index (χ3n) is 5.45. The predicted octanol–water partition coefficient (Wildman–Crippen LogP) is -1.49. The Morgan fingerprint density at radius 2 is 1.21 bits per heavy atom. The number of aliphatic carboxylic acids is 2. The standard InChI is InChI=1S/C25H30N4O9/c26-17(13-30)22(34)27-18(10-15-6-8-16(31)9-7-15)23(35)28-19(12-21(32)33)24(36)29-20(25(37)38)11-14-4-2-1-3-5-14/h1-9,17-20,30-31H,10-13,26H2,(H,27,34)(H,28,35)(H,29,36)(H,32,33)(H,37,38). The number of phenols is 1. The lowest BCUT2D eigenvalue weighted by Crippen LogP contribution is -2.58. The molecule has 0 aliphatic heterocycles. The van der Waals surface area contributed by atoms with E-state index in [1.54, 1.807) is 30.3 Å². The van der Waals surface area contributed by atoms with Crippen LogP contribution < -0.4 is 21.7 Å². The fraction of sp³-hybridized carbons (Fsp3) is 0.320. The molecule has 4 unspecified atom stereocenters. The number of hydrogen-bond acceptors (Lipinski definition) is 8. The van der Waals surface area contributed by atoms with E-state index in [2.05, 4.69) is 16.0 Å². The highest BCUT2D eigenvalue weighted by Crippen LogP contribution is 2.12. The zero-order valence-corrected chi connectivity index (χ0v) is 20.2. The van der Waals surface area contributed by atoms with Crippen molar-refractivity contribution < 1.29 is 44.4 Å². The number of hydrogen-bond donors (Lipinski definition) is 8. The number of rotatable bonds is 14. The molecule has 0 heterocycles. The first kappa shape index (κ1) is 29.7. The van der Waals surface area contributed by atoms with E-state index in [9.17, 15) is 39.3 Å². The lowest BCUT2D eigenvalue weighted by molar-refractivity contribution is -0.143. The van der Waals surface area contributed by atoms with Crippen molar-refractivity contribution in [2.75, 3.05) is 6.61 Å². The van der Waals surface area contributed by atoms with Crippen LogP contribution in [0.15, 0.2) is 54.6 Å². The average Bonchev–Trinajstić information content (AvgIpc) is 2.88. The molecule has 0 saturated heterocycles. The van der Waals surface area contributed by atoms with Crippen LogP contribution in [0, 0.1) is 0 Å². The molecule has 4 atom stereocenters. The molecule has 2 aromatic carbocycles. The molecule has 9 N–H and O–H groups in total. The highest BCUT2D eigenvalue weighted by molar-refractivity contribution is 5.95. The number of carbonyl (C=O) groups is 5. The SMILES string of the molecule is NC(CO)C(=O)NC(Cc1ccc(O)cc1)C(=O)NC(CC(=O)O)C(=O)NC(Cc1ccccc1)C(=O)O. The second-order valence-corrected chi connectivity index (χ2v) is 8.47. The summed E-state index contributed by atoms with van der Waals surface area (Å²) in [6.45, 7) is -0.707. The quantitative estimate of drug-likeness (QED) is 0.141. The van der Waals surface area contributed by atoms with E-state index in [1.165, 1.54) is 24.3 Å². The number of carboxylic acid groups (broad SMARTS) is 2. The molecule has 2 rings (SSSR count). The molecule has 3 amide bonds. The van der Waals surface area contributed by atoms with Crippen molar-refractivity contribution in [1.29, 1.82) is 0 Å². The Morgan fingerprint density at radius 1 is 0.711 bits per heavy atom. The van der Waals surface area contributed by atoms with Gasteiger partial charge in [0.05, 0.1) is 13.0 Å². The monoisotopic (exact) mass is 530 g/mol. The minimum atomic E-state index is -1.68. The van der Waals surface area contributed by atoms with Crippen LogP contribution in [0.4, 0.5) is 0 Å². The number of aliphatic hydroxyl groups excluding tert-OH is 1. The normalized spacial score (nSPS) is 13.8. The Balaban J connectivity index is 2.22. The highest BCUT2D eigenvalue weighted by Gasteiger charge is 2.31. The van der Waals surface area contributed by atoms with Crippen LogP contribution in [0.5, 0.6) is 5.75 Å². The molecular formula is C25H30N4O9. The van der Waals surface area contributed by atoms with Gasteiger partial charge in [-0.3, -0.25) is 19.2 Å². The number of nitrogens with two attached hydrogens (primary N) is 1. The summed E-state index contributed by atoms with van der Waals surface area (Å²) in [6, 6.07) is 8.31. The van der Waals surface area contributed by atoms with Crippen LogP contribution >= 0.6 is 0 Å². The molecule has 0 radical (unpaired) electrons. The number of phenolic OH excluding ortho intramolecular Hbond substituents is 1. The summed E-state index contributed by atoms with van der Waals surface area (Å²) in [6.07, 6.45) is -1.09. The van der Waals surface area contributed by atoms with Gasteiger partial charge in [-0.05, 0) is 23.3 Å². The molecule has 2 aromatic rings. The van der Waals surface area contributed by atoms with E-state index in [4.69, 9.17) is 10.8 Å². The molecule has 0 saturated carbocycles. The third-order valence-corrected chi connectivity index (χ3v) is 5.45. The second kappa shape index (κ2) is 14.3. The minimum absolute atomic E-state index is 0.0391. The van der Waals surface area contributed by atoms with Crippen molar-refractivity contribution >= 4 is 29.7 Å². The summed E-state index contributed by atoms with van der Waals surface area (Å²) in [5.41, 5.74) is 6.62. The van der Waals surface area contributed by atoms with Gasteiger partial charge in [-0.25, -0.2) is 4.79 Å². The number of carboxylic acids is 2. The molecule has 0 bridgehead atoms. The smallest absolute Gasteiger partial charge is 0.326 e. The lowest BCUT2D eigenvalue weighted by atomic mass is 10.0. The summed E-state index contributed by atoms with van der Waals surface area (Å²) in [7, 11) is 0. The Morgan fingerprint density at radius 3 is 1.76 bits per heavy atom. The van der Waals surface area contributed by atoms with E-state index in [-0.39, 0.29) is 18.6 Å². The van der Waals surface area contributed by atoms with Gasteiger partial charge in [0.1, 0.15) is 29.9 Å². The number of aromatic hydroxyl groups is 1. The zero-order chi connectivity index (χ0) is 28.2. The van der Waals surface area contributed by atoms with Gasteiger partial charge in [-0.15, -0.1) is 0 Å². The number of nitrogens with one attached hydrogen (secondary N) is 3. The van der Waals surface area contributed by atoms with Crippen molar-refractivity contribution in [1.82, 2.24) is 16.0 Å². The summed E-state index contributed by atoms with van der Waals surface area (Å²) >= 11 is 0. The zero-order valence-electron chi connectivity index (χ0n) is 20.2. The van der Waals surface area contributed by atoms with Crippen LogP contribution in [0.25, 0.3) is 0 Å². The summed E-state index contributed by atoms with van der Waals surface area (Å²) in [4.78, 5) is 61.4. The molecule has 0 fully saturated rings. The topological polar surface area (TPSA) is 228 Å². The predicted molar refractivity (Wildman–Crippen MR) is 133 cm³/mol. The van der Waals surface area contributed by atoms with Gasteiger partial charge >= 0.3 is 11.9 Å². The Labute approximate surface area is 217 Å². The van der Waals surface area contributed by atoms with Crippen LogP contribution in [0.1, 0.15) is 17.5 Å². The summed E-state index contributed by atoms with van der Waals surface area (Å²) in [5.74, 6) is -5.72.